The Labute approximate surface area is 151 Å². The van der Waals surface area contributed by atoms with Crippen molar-refractivity contribution in [3.05, 3.63) is 59.4 Å². The topological polar surface area (TPSA) is 45.2 Å². The van der Waals surface area contributed by atoms with Crippen molar-refractivity contribution in [3.8, 4) is 0 Å². The van der Waals surface area contributed by atoms with Gasteiger partial charge in [-0.15, -0.1) is 0 Å². The summed E-state index contributed by atoms with van der Waals surface area (Å²) in [5.74, 6) is 0.00601. The van der Waals surface area contributed by atoms with Crippen LogP contribution in [-0.4, -0.2) is 28.9 Å². The Bertz CT molecular complexity index is 700. The molecule has 0 aliphatic heterocycles. The maximum atomic E-state index is 12.8. The minimum atomic E-state index is -0.251. The van der Waals surface area contributed by atoms with Gasteiger partial charge >= 0.3 is 0 Å². The lowest BCUT2D eigenvalue weighted by molar-refractivity contribution is -0.121. The van der Waals surface area contributed by atoms with Gasteiger partial charge < -0.3 is 5.32 Å². The smallest absolute Gasteiger partial charge is 0.241 e. The molecule has 1 amide bonds. The predicted octanol–water partition coefficient (Wildman–Crippen LogP) is 4.50. The van der Waals surface area contributed by atoms with Crippen LogP contribution >= 0.6 is 0 Å². The van der Waals surface area contributed by atoms with E-state index in [1.54, 1.807) is 0 Å². The number of hydrogen-bond acceptors (Lipinski definition) is 3. The second kappa shape index (κ2) is 8.77. The van der Waals surface area contributed by atoms with Crippen molar-refractivity contribution in [2.75, 3.05) is 12.4 Å². The van der Waals surface area contributed by atoms with Crippen LogP contribution in [0.3, 0.4) is 0 Å². The first kappa shape index (κ1) is 19.1. The highest BCUT2D eigenvalue weighted by atomic mass is 16.2. The zero-order valence-corrected chi connectivity index (χ0v) is 15.9. The summed E-state index contributed by atoms with van der Waals surface area (Å²) in [6.07, 6.45) is 3.82. The van der Waals surface area contributed by atoms with Crippen LogP contribution in [0.5, 0.6) is 0 Å². The largest absolute Gasteiger partial charge is 0.324 e. The molecule has 4 nitrogen and oxygen atoms in total. The molecule has 0 spiro atoms. The fourth-order valence-corrected chi connectivity index (χ4v) is 3.05. The van der Waals surface area contributed by atoms with Crippen LogP contribution in [0.15, 0.2) is 42.6 Å². The van der Waals surface area contributed by atoms with Crippen LogP contribution in [-0.2, 0) is 4.79 Å². The minimum Gasteiger partial charge on any atom is -0.324 e. The summed E-state index contributed by atoms with van der Waals surface area (Å²) in [4.78, 5) is 19.4. The molecule has 2 unspecified atom stereocenters. The molecule has 0 aliphatic rings. The molecule has 0 aliphatic carbocycles. The van der Waals surface area contributed by atoms with Crippen molar-refractivity contribution in [3.63, 3.8) is 0 Å². The van der Waals surface area contributed by atoms with Crippen molar-refractivity contribution in [2.24, 2.45) is 0 Å². The van der Waals surface area contributed by atoms with Crippen LogP contribution in [0.4, 0.5) is 5.69 Å². The van der Waals surface area contributed by atoms with Gasteiger partial charge in [0.1, 0.15) is 0 Å². The molecule has 1 heterocycles. The number of aromatic nitrogens is 1. The van der Waals surface area contributed by atoms with Crippen LogP contribution < -0.4 is 5.32 Å². The molecule has 1 aromatic heterocycles. The van der Waals surface area contributed by atoms with Gasteiger partial charge in [-0.2, -0.15) is 0 Å². The number of hydrogen-bond donors (Lipinski definition) is 1. The molecule has 4 heteroatoms. The standard InChI is InChI=1S/C21H29N3O/c1-6-9-20(19-10-7-8-13-22-19)24(5)17(4)21(25)23-18-12-11-15(2)14-16(18)3/h7-8,10-14,17,20H,6,9H2,1-5H3,(H,23,25). The molecular formula is C21H29N3O. The normalized spacial score (nSPS) is 13.5. The van der Waals surface area contributed by atoms with E-state index in [0.29, 0.717) is 0 Å². The summed E-state index contributed by atoms with van der Waals surface area (Å²) in [5.41, 5.74) is 4.16. The number of aryl methyl sites for hydroxylation is 2. The number of anilines is 1. The first-order chi connectivity index (χ1) is 11.9. The monoisotopic (exact) mass is 339 g/mol. The van der Waals surface area contributed by atoms with Crippen LogP contribution in [0.1, 0.15) is 49.6 Å². The molecular weight excluding hydrogens is 310 g/mol. The molecule has 2 rings (SSSR count). The zero-order chi connectivity index (χ0) is 18.4. The highest BCUT2D eigenvalue weighted by molar-refractivity contribution is 5.95. The molecule has 134 valence electrons. The number of carbonyl (C=O) groups excluding carboxylic acids is 1. The molecule has 1 N–H and O–H groups in total. The van der Waals surface area contributed by atoms with E-state index >= 15 is 0 Å². The Morgan fingerprint density at radius 1 is 1.24 bits per heavy atom. The third-order valence-corrected chi connectivity index (χ3v) is 4.71. The number of benzene rings is 1. The van der Waals surface area contributed by atoms with Crippen molar-refractivity contribution in [1.29, 1.82) is 0 Å². The van der Waals surface area contributed by atoms with Crippen molar-refractivity contribution in [1.82, 2.24) is 9.88 Å². The van der Waals surface area contributed by atoms with E-state index in [-0.39, 0.29) is 18.0 Å². The molecule has 25 heavy (non-hydrogen) atoms. The van der Waals surface area contributed by atoms with Gasteiger partial charge in [-0.25, -0.2) is 0 Å². The fraction of sp³-hybridized carbons (Fsp3) is 0.429. The Hall–Kier alpha value is -2.20. The maximum absolute atomic E-state index is 12.8. The lowest BCUT2D eigenvalue weighted by Crippen LogP contribution is -2.42. The van der Waals surface area contributed by atoms with Gasteiger partial charge in [-0.05, 0) is 58.0 Å². The summed E-state index contributed by atoms with van der Waals surface area (Å²) >= 11 is 0. The molecule has 0 saturated carbocycles. The number of carbonyl (C=O) groups is 1. The van der Waals surface area contributed by atoms with E-state index in [2.05, 4.69) is 35.1 Å². The van der Waals surface area contributed by atoms with Crippen molar-refractivity contribution in [2.45, 2.75) is 52.6 Å². The van der Waals surface area contributed by atoms with E-state index in [1.807, 2.05) is 57.4 Å². The first-order valence-corrected chi connectivity index (χ1v) is 8.95. The first-order valence-electron chi connectivity index (χ1n) is 8.95. The molecule has 2 atom stereocenters. The molecule has 2 aromatic rings. The van der Waals surface area contributed by atoms with E-state index in [9.17, 15) is 4.79 Å². The highest BCUT2D eigenvalue weighted by Crippen LogP contribution is 2.25. The third-order valence-electron chi connectivity index (χ3n) is 4.71. The Kier molecular flexibility index (Phi) is 6.71. The van der Waals surface area contributed by atoms with Crippen LogP contribution in [0.2, 0.25) is 0 Å². The van der Waals surface area contributed by atoms with Gasteiger partial charge in [-0.3, -0.25) is 14.7 Å². The summed E-state index contributed by atoms with van der Waals surface area (Å²) in [6, 6.07) is 11.9. The summed E-state index contributed by atoms with van der Waals surface area (Å²) in [5, 5.41) is 3.07. The summed E-state index contributed by atoms with van der Waals surface area (Å²) < 4.78 is 0. The second-order valence-electron chi connectivity index (χ2n) is 6.71. The lowest BCUT2D eigenvalue weighted by Gasteiger charge is -2.32. The Morgan fingerprint density at radius 3 is 2.60 bits per heavy atom. The zero-order valence-electron chi connectivity index (χ0n) is 15.9. The van der Waals surface area contributed by atoms with Crippen molar-refractivity contribution < 1.29 is 4.79 Å². The van der Waals surface area contributed by atoms with Gasteiger partial charge in [0.15, 0.2) is 0 Å². The third kappa shape index (κ3) is 4.89. The van der Waals surface area contributed by atoms with Gasteiger partial charge in [0.05, 0.1) is 17.8 Å². The van der Waals surface area contributed by atoms with E-state index in [4.69, 9.17) is 0 Å². The Morgan fingerprint density at radius 2 is 2.00 bits per heavy atom. The minimum absolute atomic E-state index is 0.00601. The van der Waals surface area contributed by atoms with Gasteiger partial charge in [0.25, 0.3) is 0 Å². The van der Waals surface area contributed by atoms with Crippen LogP contribution in [0, 0.1) is 13.8 Å². The molecule has 0 fully saturated rings. The maximum Gasteiger partial charge on any atom is 0.241 e. The van der Waals surface area contributed by atoms with E-state index < -0.39 is 0 Å². The SMILES string of the molecule is CCCC(c1ccccn1)N(C)C(C)C(=O)Nc1ccc(C)cc1C. The average Bonchev–Trinajstić information content (AvgIpc) is 2.61. The van der Waals surface area contributed by atoms with Gasteiger partial charge in [0, 0.05) is 11.9 Å². The number of nitrogens with one attached hydrogen (secondary N) is 1. The predicted molar refractivity (Wildman–Crippen MR) is 104 cm³/mol. The van der Waals surface area contributed by atoms with Crippen molar-refractivity contribution >= 4 is 11.6 Å². The van der Waals surface area contributed by atoms with Crippen LogP contribution in [0.25, 0.3) is 0 Å². The average molecular weight is 339 g/mol. The molecule has 0 saturated heterocycles. The highest BCUT2D eigenvalue weighted by Gasteiger charge is 2.26. The Balaban J connectivity index is 2.13. The number of pyridine rings is 1. The number of rotatable bonds is 7. The number of likely N-dealkylation sites (N-methyl/N-ethyl adjacent to an activating group) is 1. The fourth-order valence-electron chi connectivity index (χ4n) is 3.05. The number of nitrogens with zero attached hydrogens (tertiary/aromatic N) is 2. The lowest BCUT2D eigenvalue weighted by atomic mass is 10.0. The van der Waals surface area contributed by atoms with Gasteiger partial charge in [0.2, 0.25) is 5.91 Å². The molecule has 0 radical (unpaired) electrons. The second-order valence-corrected chi connectivity index (χ2v) is 6.71. The molecule has 1 aromatic carbocycles. The van der Waals surface area contributed by atoms with E-state index in [0.717, 1.165) is 29.8 Å². The summed E-state index contributed by atoms with van der Waals surface area (Å²) in [6.45, 7) is 8.18. The van der Waals surface area contributed by atoms with Gasteiger partial charge in [-0.1, -0.05) is 37.1 Å². The summed E-state index contributed by atoms with van der Waals surface area (Å²) in [7, 11) is 2.00. The quantitative estimate of drug-likeness (QED) is 0.808. The number of amides is 1. The van der Waals surface area contributed by atoms with E-state index in [1.165, 1.54) is 5.56 Å². The molecule has 0 bridgehead atoms.